The van der Waals surface area contributed by atoms with Crippen molar-refractivity contribution in [2.24, 2.45) is 0 Å². The number of carboxylic acid groups (broad SMARTS) is 1. The fourth-order valence-electron chi connectivity index (χ4n) is 2.54. The Balaban J connectivity index is 2.27. The van der Waals surface area contributed by atoms with Crippen molar-refractivity contribution in [1.82, 2.24) is 15.1 Å². The second kappa shape index (κ2) is 8.70. The van der Waals surface area contributed by atoms with Crippen LogP contribution < -0.4 is 5.32 Å². The molecule has 0 saturated heterocycles. The van der Waals surface area contributed by atoms with Crippen LogP contribution in [0.15, 0.2) is 6.20 Å². The number of amides is 1. The molecule has 0 bridgehead atoms. The Kier molecular flexibility index (Phi) is 7.26. The second-order valence-electron chi connectivity index (χ2n) is 6.89. The lowest BCUT2D eigenvalue weighted by Crippen LogP contribution is -2.27. The predicted molar refractivity (Wildman–Crippen MR) is 89.6 cm³/mol. The summed E-state index contributed by atoms with van der Waals surface area (Å²) in [4.78, 5) is 22.6. The SMILES string of the molecule is Cc1c(C(=O)NCCCCCCCC(=O)O)cnn1C(C)(C)C. The highest BCUT2D eigenvalue weighted by atomic mass is 16.4. The van der Waals surface area contributed by atoms with Crippen LogP contribution in [-0.4, -0.2) is 33.3 Å². The Bertz CT molecular complexity index is 530. The predicted octanol–water partition coefficient (Wildman–Crippen LogP) is 3.10. The van der Waals surface area contributed by atoms with Crippen LogP contribution >= 0.6 is 0 Å². The lowest BCUT2D eigenvalue weighted by atomic mass is 10.1. The van der Waals surface area contributed by atoms with E-state index in [0.717, 1.165) is 37.8 Å². The van der Waals surface area contributed by atoms with Crippen molar-refractivity contribution in [3.05, 3.63) is 17.5 Å². The lowest BCUT2D eigenvalue weighted by Gasteiger charge is -2.21. The fourth-order valence-corrected chi connectivity index (χ4v) is 2.54. The first-order valence-electron chi connectivity index (χ1n) is 8.28. The maximum Gasteiger partial charge on any atom is 0.303 e. The van der Waals surface area contributed by atoms with Crippen molar-refractivity contribution in [3.63, 3.8) is 0 Å². The van der Waals surface area contributed by atoms with E-state index in [9.17, 15) is 9.59 Å². The van der Waals surface area contributed by atoms with Crippen molar-refractivity contribution in [2.45, 2.75) is 71.8 Å². The number of unbranched alkanes of at least 4 members (excludes halogenated alkanes) is 4. The van der Waals surface area contributed by atoms with Crippen molar-refractivity contribution in [2.75, 3.05) is 6.54 Å². The quantitative estimate of drug-likeness (QED) is 0.684. The molecule has 0 spiro atoms. The first-order chi connectivity index (χ1) is 10.7. The number of rotatable bonds is 9. The van der Waals surface area contributed by atoms with E-state index in [0.29, 0.717) is 12.1 Å². The third kappa shape index (κ3) is 6.42. The van der Waals surface area contributed by atoms with E-state index >= 15 is 0 Å². The van der Waals surface area contributed by atoms with Gasteiger partial charge in [0.15, 0.2) is 0 Å². The standard InChI is InChI=1S/C17H29N3O3/c1-13-14(12-19-20(13)17(2,3)4)16(23)18-11-9-7-5-6-8-10-15(21)22/h12H,5-11H2,1-4H3,(H,18,23)(H,21,22). The van der Waals surface area contributed by atoms with Crippen LogP contribution in [0.1, 0.15) is 75.3 Å². The smallest absolute Gasteiger partial charge is 0.303 e. The molecule has 1 rings (SSSR count). The zero-order valence-corrected chi connectivity index (χ0v) is 14.7. The van der Waals surface area contributed by atoms with Gasteiger partial charge < -0.3 is 10.4 Å². The van der Waals surface area contributed by atoms with Gasteiger partial charge in [0.1, 0.15) is 0 Å². The molecule has 0 radical (unpaired) electrons. The third-order valence-electron chi connectivity index (χ3n) is 3.74. The highest BCUT2D eigenvalue weighted by Crippen LogP contribution is 2.18. The average Bonchev–Trinajstić information content (AvgIpc) is 2.83. The maximum atomic E-state index is 12.2. The van der Waals surface area contributed by atoms with E-state index in [4.69, 9.17) is 5.11 Å². The Hall–Kier alpha value is -1.85. The molecule has 2 N–H and O–H groups in total. The van der Waals surface area contributed by atoms with E-state index in [1.807, 2.05) is 11.6 Å². The van der Waals surface area contributed by atoms with Gasteiger partial charge in [-0.2, -0.15) is 5.10 Å². The minimum absolute atomic E-state index is 0.0797. The van der Waals surface area contributed by atoms with Crippen LogP contribution in [0.2, 0.25) is 0 Å². The van der Waals surface area contributed by atoms with Crippen molar-refractivity contribution >= 4 is 11.9 Å². The summed E-state index contributed by atoms with van der Waals surface area (Å²) in [6.45, 7) is 8.71. The minimum Gasteiger partial charge on any atom is -0.481 e. The van der Waals surface area contributed by atoms with E-state index in [2.05, 4.69) is 31.2 Å². The summed E-state index contributed by atoms with van der Waals surface area (Å²) >= 11 is 0. The van der Waals surface area contributed by atoms with Gasteiger partial charge >= 0.3 is 5.97 Å². The summed E-state index contributed by atoms with van der Waals surface area (Å²) in [5, 5.41) is 15.8. The number of aromatic nitrogens is 2. The third-order valence-corrected chi connectivity index (χ3v) is 3.74. The van der Waals surface area contributed by atoms with Crippen LogP contribution in [0.3, 0.4) is 0 Å². The number of aliphatic carboxylic acids is 1. The molecular formula is C17H29N3O3. The summed E-state index contributed by atoms with van der Waals surface area (Å²) in [6, 6.07) is 0. The Morgan fingerprint density at radius 1 is 1.17 bits per heavy atom. The van der Waals surface area contributed by atoms with Gasteiger partial charge in [0.25, 0.3) is 5.91 Å². The summed E-state index contributed by atoms with van der Waals surface area (Å²) in [5.41, 5.74) is 1.36. The summed E-state index contributed by atoms with van der Waals surface area (Å²) in [6.07, 6.45) is 6.44. The van der Waals surface area contributed by atoms with Gasteiger partial charge in [-0.1, -0.05) is 19.3 Å². The summed E-state index contributed by atoms with van der Waals surface area (Å²) in [5.74, 6) is -0.813. The molecule has 0 aliphatic heterocycles. The number of hydrogen-bond donors (Lipinski definition) is 2. The Labute approximate surface area is 138 Å². The van der Waals surface area contributed by atoms with Crippen LogP contribution in [-0.2, 0) is 10.3 Å². The molecule has 1 heterocycles. The fraction of sp³-hybridized carbons (Fsp3) is 0.706. The first-order valence-corrected chi connectivity index (χ1v) is 8.28. The molecule has 0 unspecified atom stereocenters. The molecule has 0 atom stereocenters. The molecule has 6 nitrogen and oxygen atoms in total. The number of nitrogens with zero attached hydrogens (tertiary/aromatic N) is 2. The molecule has 0 saturated carbocycles. The molecule has 1 aromatic heterocycles. The molecule has 0 aliphatic carbocycles. The number of carbonyl (C=O) groups is 2. The monoisotopic (exact) mass is 323 g/mol. The van der Waals surface area contributed by atoms with E-state index in [-0.39, 0.29) is 17.9 Å². The summed E-state index contributed by atoms with van der Waals surface area (Å²) < 4.78 is 1.87. The van der Waals surface area contributed by atoms with Crippen LogP contribution in [0.4, 0.5) is 0 Å². The van der Waals surface area contributed by atoms with E-state index < -0.39 is 5.97 Å². The number of nitrogens with one attached hydrogen (secondary N) is 1. The van der Waals surface area contributed by atoms with Crippen molar-refractivity contribution < 1.29 is 14.7 Å². The van der Waals surface area contributed by atoms with Crippen LogP contribution in [0.25, 0.3) is 0 Å². The van der Waals surface area contributed by atoms with Crippen molar-refractivity contribution in [3.8, 4) is 0 Å². The van der Waals surface area contributed by atoms with Gasteiger partial charge in [0.2, 0.25) is 0 Å². The molecule has 0 fully saturated rings. The number of carbonyl (C=O) groups excluding carboxylic acids is 1. The van der Waals surface area contributed by atoms with E-state index in [1.165, 1.54) is 0 Å². The minimum atomic E-state index is -0.733. The van der Waals surface area contributed by atoms with Crippen LogP contribution in [0, 0.1) is 6.92 Å². The highest BCUT2D eigenvalue weighted by molar-refractivity contribution is 5.95. The molecule has 6 heteroatoms. The van der Waals surface area contributed by atoms with Gasteiger partial charge in [-0.25, -0.2) is 0 Å². The molecule has 1 aromatic rings. The molecular weight excluding hydrogens is 294 g/mol. The molecule has 1 amide bonds. The highest BCUT2D eigenvalue weighted by Gasteiger charge is 2.21. The first kappa shape index (κ1) is 19.2. The van der Waals surface area contributed by atoms with Gasteiger partial charge in [-0.3, -0.25) is 14.3 Å². The molecule has 130 valence electrons. The van der Waals surface area contributed by atoms with E-state index in [1.54, 1.807) is 6.20 Å². The summed E-state index contributed by atoms with van der Waals surface area (Å²) in [7, 11) is 0. The average molecular weight is 323 g/mol. The van der Waals surface area contributed by atoms with Gasteiger partial charge in [-0.15, -0.1) is 0 Å². The Morgan fingerprint density at radius 3 is 2.35 bits per heavy atom. The maximum absolute atomic E-state index is 12.2. The molecule has 0 aliphatic rings. The van der Waals surface area contributed by atoms with Gasteiger partial charge in [0.05, 0.1) is 17.3 Å². The van der Waals surface area contributed by atoms with Crippen LogP contribution in [0.5, 0.6) is 0 Å². The van der Waals surface area contributed by atoms with Crippen molar-refractivity contribution in [1.29, 1.82) is 0 Å². The van der Waals surface area contributed by atoms with Gasteiger partial charge in [-0.05, 0) is 40.5 Å². The largest absolute Gasteiger partial charge is 0.481 e. The normalized spacial score (nSPS) is 11.5. The molecule has 0 aromatic carbocycles. The topological polar surface area (TPSA) is 84.2 Å². The van der Waals surface area contributed by atoms with Gasteiger partial charge in [0, 0.05) is 18.7 Å². The number of carboxylic acids is 1. The Morgan fingerprint density at radius 2 is 1.78 bits per heavy atom. The number of hydrogen-bond acceptors (Lipinski definition) is 3. The molecule has 23 heavy (non-hydrogen) atoms. The zero-order chi connectivity index (χ0) is 17.5. The lowest BCUT2D eigenvalue weighted by molar-refractivity contribution is -0.137. The zero-order valence-electron chi connectivity index (χ0n) is 14.7. The second-order valence-corrected chi connectivity index (χ2v) is 6.89.